The molecule has 1 aliphatic carbocycles. The Morgan fingerprint density at radius 1 is 1.28 bits per heavy atom. The van der Waals surface area contributed by atoms with Crippen molar-refractivity contribution in [1.82, 2.24) is 10.2 Å². The van der Waals surface area contributed by atoms with Gasteiger partial charge < -0.3 is 20.3 Å². The number of amides is 3. The summed E-state index contributed by atoms with van der Waals surface area (Å²) in [4.78, 5) is 50.4. The van der Waals surface area contributed by atoms with Crippen LogP contribution in [0.1, 0.15) is 43.0 Å². The highest BCUT2D eigenvalue weighted by Crippen LogP contribution is 2.47. The molecule has 154 valence electrons. The Hall–Kier alpha value is -2.55. The number of fused-ring (bicyclic) bond motifs is 1. The largest absolute Gasteiger partial charge is 0.454 e. The van der Waals surface area contributed by atoms with Crippen LogP contribution in [0.2, 0.25) is 0 Å². The minimum Gasteiger partial charge on any atom is -0.454 e. The molecule has 3 fully saturated rings. The van der Waals surface area contributed by atoms with Gasteiger partial charge in [0, 0.05) is 18.2 Å². The number of nitrogens with zero attached hydrogens (tertiary/aromatic N) is 1. The van der Waals surface area contributed by atoms with Crippen LogP contribution in [0.5, 0.6) is 0 Å². The highest BCUT2D eigenvalue weighted by molar-refractivity contribution is 8.01. The van der Waals surface area contributed by atoms with Gasteiger partial charge in [-0.3, -0.25) is 14.4 Å². The van der Waals surface area contributed by atoms with E-state index in [9.17, 15) is 19.2 Å². The highest BCUT2D eigenvalue weighted by atomic mass is 32.2. The van der Waals surface area contributed by atoms with Gasteiger partial charge in [0.2, 0.25) is 5.91 Å². The molecule has 1 aromatic rings. The third-order valence-corrected chi connectivity index (χ3v) is 6.93. The van der Waals surface area contributed by atoms with Crippen molar-refractivity contribution in [2.45, 2.75) is 49.6 Å². The van der Waals surface area contributed by atoms with Crippen molar-refractivity contribution in [1.29, 1.82) is 0 Å². The van der Waals surface area contributed by atoms with E-state index in [1.807, 2.05) is 6.92 Å². The van der Waals surface area contributed by atoms with Crippen molar-refractivity contribution in [3.8, 4) is 0 Å². The Morgan fingerprint density at radius 3 is 2.79 bits per heavy atom. The van der Waals surface area contributed by atoms with Gasteiger partial charge in [-0.25, -0.2) is 4.79 Å². The van der Waals surface area contributed by atoms with Gasteiger partial charge >= 0.3 is 5.97 Å². The number of thioether (sulfide) groups is 1. The van der Waals surface area contributed by atoms with E-state index in [-0.39, 0.29) is 22.7 Å². The molecule has 2 atom stereocenters. The number of rotatable bonds is 6. The summed E-state index contributed by atoms with van der Waals surface area (Å²) in [6.07, 6.45) is 3.07. The van der Waals surface area contributed by atoms with E-state index in [2.05, 4.69) is 10.6 Å². The SMILES string of the molecule is C[C@@]12CCC(=O)N1[C@@H](C(=O)OCC(=O)Nc1ccccc1C(=O)NC1CC1)CS2. The molecule has 2 aliphatic heterocycles. The molecular formula is C20H23N3O5S. The van der Waals surface area contributed by atoms with Crippen molar-refractivity contribution in [2.24, 2.45) is 0 Å². The zero-order chi connectivity index (χ0) is 20.6. The molecule has 0 spiro atoms. The first-order chi connectivity index (χ1) is 13.9. The lowest BCUT2D eigenvalue weighted by Crippen LogP contribution is -2.47. The first-order valence-corrected chi connectivity index (χ1v) is 10.7. The highest BCUT2D eigenvalue weighted by Gasteiger charge is 2.53. The van der Waals surface area contributed by atoms with Crippen LogP contribution in [0, 0.1) is 0 Å². The summed E-state index contributed by atoms with van der Waals surface area (Å²) < 4.78 is 5.18. The fourth-order valence-corrected chi connectivity index (χ4v) is 5.11. The maximum Gasteiger partial charge on any atom is 0.330 e. The number of hydrogen-bond acceptors (Lipinski definition) is 6. The number of ether oxygens (including phenoxy) is 1. The van der Waals surface area contributed by atoms with E-state index >= 15 is 0 Å². The number of para-hydroxylation sites is 1. The van der Waals surface area contributed by atoms with Crippen LogP contribution >= 0.6 is 11.8 Å². The molecule has 2 N–H and O–H groups in total. The first-order valence-electron chi connectivity index (χ1n) is 9.70. The molecular weight excluding hydrogens is 394 g/mol. The van der Waals surface area contributed by atoms with Crippen molar-refractivity contribution in [3.05, 3.63) is 29.8 Å². The summed E-state index contributed by atoms with van der Waals surface area (Å²) in [6.45, 7) is 1.48. The minimum absolute atomic E-state index is 0.0560. The second-order valence-corrected chi connectivity index (χ2v) is 9.22. The maximum absolute atomic E-state index is 12.5. The standard InChI is InChI=1S/C20H23N3O5S/c1-20-9-8-17(25)23(20)15(11-29-20)19(27)28-10-16(24)22-14-5-3-2-4-13(14)18(26)21-12-6-7-12/h2-5,12,15H,6-11H2,1H3,(H,21,26)(H,22,24)/t15-,20-/m1/s1. The van der Waals surface area contributed by atoms with Gasteiger partial charge in [-0.1, -0.05) is 12.1 Å². The van der Waals surface area contributed by atoms with Crippen molar-refractivity contribution in [3.63, 3.8) is 0 Å². The molecule has 1 saturated carbocycles. The van der Waals surface area contributed by atoms with E-state index in [0.717, 1.165) is 12.8 Å². The quantitative estimate of drug-likeness (QED) is 0.680. The molecule has 9 heteroatoms. The van der Waals surface area contributed by atoms with Gasteiger partial charge in [-0.05, 0) is 38.3 Å². The lowest BCUT2D eigenvalue weighted by molar-refractivity contribution is -0.155. The number of anilines is 1. The van der Waals surface area contributed by atoms with Crippen molar-refractivity contribution < 1.29 is 23.9 Å². The molecule has 0 aromatic heterocycles. The van der Waals surface area contributed by atoms with E-state index in [1.165, 1.54) is 0 Å². The molecule has 0 unspecified atom stereocenters. The summed E-state index contributed by atoms with van der Waals surface area (Å²) in [5.74, 6) is -0.945. The molecule has 8 nitrogen and oxygen atoms in total. The van der Waals surface area contributed by atoms with Crippen molar-refractivity contribution in [2.75, 3.05) is 17.7 Å². The molecule has 0 radical (unpaired) electrons. The number of esters is 1. The van der Waals surface area contributed by atoms with E-state index in [0.29, 0.717) is 29.8 Å². The van der Waals surface area contributed by atoms with E-state index in [1.54, 1.807) is 40.9 Å². The second kappa shape index (κ2) is 7.70. The monoisotopic (exact) mass is 417 g/mol. The Balaban J connectivity index is 1.33. The van der Waals surface area contributed by atoms with Crippen LogP contribution in [0.4, 0.5) is 5.69 Å². The number of benzene rings is 1. The van der Waals surface area contributed by atoms with Crippen LogP contribution in [0.15, 0.2) is 24.3 Å². The second-order valence-electron chi connectivity index (χ2n) is 7.71. The Bertz CT molecular complexity index is 871. The summed E-state index contributed by atoms with van der Waals surface area (Å²) in [7, 11) is 0. The Kier molecular flexibility index (Phi) is 5.24. The number of nitrogens with one attached hydrogen (secondary N) is 2. The normalized spacial score (nSPS) is 25.5. The van der Waals surface area contributed by atoms with Crippen LogP contribution in [-0.2, 0) is 19.1 Å². The van der Waals surface area contributed by atoms with Crippen LogP contribution in [0.25, 0.3) is 0 Å². The van der Waals surface area contributed by atoms with E-state index < -0.39 is 24.5 Å². The molecule has 29 heavy (non-hydrogen) atoms. The van der Waals surface area contributed by atoms with Gasteiger partial charge in [0.1, 0.15) is 6.04 Å². The van der Waals surface area contributed by atoms with Gasteiger partial charge in [0.05, 0.1) is 16.1 Å². The van der Waals surface area contributed by atoms with Gasteiger partial charge in [0.25, 0.3) is 11.8 Å². The zero-order valence-electron chi connectivity index (χ0n) is 16.1. The number of carbonyl (C=O) groups excluding carboxylic acids is 4. The Morgan fingerprint density at radius 2 is 2.03 bits per heavy atom. The maximum atomic E-state index is 12.5. The summed E-state index contributed by atoms with van der Waals surface area (Å²) in [5, 5.41) is 5.52. The lowest BCUT2D eigenvalue weighted by atomic mass is 10.1. The average molecular weight is 417 g/mol. The fraction of sp³-hybridized carbons (Fsp3) is 0.500. The third-order valence-electron chi connectivity index (χ3n) is 5.42. The molecule has 2 heterocycles. The first kappa shape index (κ1) is 19.8. The topological polar surface area (TPSA) is 105 Å². The van der Waals surface area contributed by atoms with Gasteiger partial charge in [-0.15, -0.1) is 11.8 Å². The average Bonchev–Trinajstić information content (AvgIpc) is 3.37. The smallest absolute Gasteiger partial charge is 0.330 e. The van der Waals surface area contributed by atoms with Gasteiger partial charge in [-0.2, -0.15) is 0 Å². The molecule has 0 bridgehead atoms. The predicted octanol–water partition coefficient (Wildman–Crippen LogP) is 1.51. The molecule has 2 saturated heterocycles. The lowest BCUT2D eigenvalue weighted by Gasteiger charge is -2.29. The van der Waals surface area contributed by atoms with E-state index in [4.69, 9.17) is 4.74 Å². The number of carbonyl (C=O) groups is 4. The molecule has 4 rings (SSSR count). The molecule has 3 amide bonds. The minimum atomic E-state index is -0.663. The predicted molar refractivity (Wildman–Crippen MR) is 107 cm³/mol. The fourth-order valence-electron chi connectivity index (χ4n) is 3.70. The zero-order valence-corrected chi connectivity index (χ0v) is 16.9. The van der Waals surface area contributed by atoms with Crippen LogP contribution in [-0.4, -0.2) is 57.9 Å². The third kappa shape index (κ3) is 4.10. The number of hydrogen-bond donors (Lipinski definition) is 2. The molecule has 3 aliphatic rings. The van der Waals surface area contributed by atoms with Crippen molar-refractivity contribution >= 4 is 41.1 Å². The summed E-state index contributed by atoms with van der Waals surface area (Å²) >= 11 is 1.57. The van der Waals surface area contributed by atoms with Gasteiger partial charge in [0.15, 0.2) is 6.61 Å². The Labute approximate surface area is 172 Å². The summed E-state index contributed by atoms with van der Waals surface area (Å²) in [6, 6.07) is 6.24. The van der Waals surface area contributed by atoms with Crippen LogP contribution in [0.3, 0.4) is 0 Å². The van der Waals surface area contributed by atoms with Crippen LogP contribution < -0.4 is 10.6 Å². The molecule has 1 aromatic carbocycles. The summed E-state index contributed by atoms with van der Waals surface area (Å²) in [5.41, 5.74) is 0.732.